The predicted octanol–water partition coefficient (Wildman–Crippen LogP) is 4.80. The summed E-state index contributed by atoms with van der Waals surface area (Å²) in [6, 6.07) is 11.3. The molecule has 0 fully saturated rings. The van der Waals surface area contributed by atoms with Crippen LogP contribution in [-0.4, -0.2) is 30.1 Å². The molecule has 0 spiro atoms. The lowest BCUT2D eigenvalue weighted by molar-refractivity contribution is -0.136. The van der Waals surface area contributed by atoms with Crippen molar-refractivity contribution in [2.24, 2.45) is 0 Å². The van der Waals surface area contributed by atoms with Gasteiger partial charge in [-0.15, -0.1) is 0 Å². The Balaban J connectivity index is 1.69. The molecule has 2 aliphatic rings. The molecule has 2 amide bonds. The molecule has 162 valence electrons. The Morgan fingerprint density at radius 1 is 0.935 bits per heavy atom. The first kappa shape index (κ1) is 21.0. The van der Waals surface area contributed by atoms with Crippen LogP contribution < -0.4 is 14.8 Å². The summed E-state index contributed by atoms with van der Waals surface area (Å²) in [5.74, 6) is 0.762. The van der Waals surface area contributed by atoms with Crippen molar-refractivity contribution in [1.29, 1.82) is 0 Å². The van der Waals surface area contributed by atoms with E-state index in [-0.39, 0.29) is 18.6 Å². The van der Waals surface area contributed by atoms with E-state index in [1.807, 2.05) is 38.1 Å². The molecule has 0 aliphatic carbocycles. The van der Waals surface area contributed by atoms with Crippen molar-refractivity contribution in [2.45, 2.75) is 46.5 Å². The summed E-state index contributed by atoms with van der Waals surface area (Å²) in [6.45, 7) is 6.73. The fourth-order valence-corrected chi connectivity index (χ4v) is 4.05. The van der Waals surface area contributed by atoms with Crippen LogP contribution in [-0.2, 0) is 9.59 Å². The maximum absolute atomic E-state index is 13.4. The van der Waals surface area contributed by atoms with Gasteiger partial charge in [0.25, 0.3) is 11.8 Å². The van der Waals surface area contributed by atoms with E-state index in [9.17, 15) is 9.59 Å². The molecule has 0 saturated carbocycles. The molecule has 6 nitrogen and oxygen atoms in total. The van der Waals surface area contributed by atoms with E-state index in [1.165, 1.54) is 4.90 Å². The van der Waals surface area contributed by atoms with E-state index in [2.05, 4.69) is 12.2 Å². The summed E-state index contributed by atoms with van der Waals surface area (Å²) >= 11 is 0. The topological polar surface area (TPSA) is 67.9 Å². The average molecular weight is 421 g/mol. The third-order valence-corrected chi connectivity index (χ3v) is 5.70. The third kappa shape index (κ3) is 4.15. The van der Waals surface area contributed by atoms with E-state index >= 15 is 0 Å². The highest BCUT2D eigenvalue weighted by molar-refractivity contribution is 6.36. The zero-order chi connectivity index (χ0) is 22.0. The molecule has 0 radical (unpaired) electrons. The van der Waals surface area contributed by atoms with Gasteiger partial charge >= 0.3 is 0 Å². The van der Waals surface area contributed by atoms with Crippen molar-refractivity contribution >= 4 is 23.1 Å². The van der Waals surface area contributed by atoms with Crippen molar-refractivity contribution in [2.75, 3.05) is 18.7 Å². The van der Waals surface area contributed by atoms with Crippen LogP contribution in [0.1, 0.15) is 49.3 Å². The second-order valence-electron chi connectivity index (χ2n) is 8.08. The van der Waals surface area contributed by atoms with Gasteiger partial charge in [0.1, 0.15) is 5.70 Å². The van der Waals surface area contributed by atoms with Crippen molar-refractivity contribution in [3.05, 3.63) is 58.8 Å². The van der Waals surface area contributed by atoms with Gasteiger partial charge in [-0.2, -0.15) is 0 Å². The number of carbonyl (C=O) groups excluding carboxylic acids is 2. The fraction of sp³-hybridized carbons (Fsp3) is 0.360. The Morgan fingerprint density at radius 2 is 1.74 bits per heavy atom. The van der Waals surface area contributed by atoms with Gasteiger partial charge in [0.2, 0.25) is 6.79 Å². The minimum Gasteiger partial charge on any atom is -0.454 e. The van der Waals surface area contributed by atoms with Gasteiger partial charge in [-0.3, -0.25) is 14.5 Å². The zero-order valence-corrected chi connectivity index (χ0v) is 18.3. The second-order valence-corrected chi connectivity index (χ2v) is 8.08. The summed E-state index contributed by atoms with van der Waals surface area (Å²) in [5.41, 5.74) is 4.27. The van der Waals surface area contributed by atoms with Crippen LogP contribution >= 0.6 is 0 Å². The molecule has 2 aromatic carbocycles. The number of rotatable bonds is 8. The Hall–Kier alpha value is -3.28. The standard InChI is InChI=1S/C25H28N2O4/c1-4-5-6-7-12-27-24(28)22(19-10-8-16(2)13-17(19)3)23(25(27)29)26-18-9-11-20-21(14-18)31-15-30-20/h8-11,13-14,26H,4-7,12,15H2,1-3H3. The summed E-state index contributed by atoms with van der Waals surface area (Å²) < 4.78 is 10.8. The first-order valence-electron chi connectivity index (χ1n) is 10.8. The molecule has 0 saturated heterocycles. The maximum atomic E-state index is 13.4. The second kappa shape index (κ2) is 8.84. The van der Waals surface area contributed by atoms with E-state index in [0.29, 0.717) is 35.0 Å². The molecule has 0 atom stereocenters. The molecule has 0 unspecified atom stereocenters. The van der Waals surface area contributed by atoms with Crippen LogP contribution in [0.3, 0.4) is 0 Å². The lowest BCUT2D eigenvalue weighted by Crippen LogP contribution is -2.33. The number of imide groups is 1. The number of hydrogen-bond acceptors (Lipinski definition) is 5. The lowest BCUT2D eigenvalue weighted by Gasteiger charge is -2.15. The number of unbranched alkanes of at least 4 members (excludes halogenated alkanes) is 3. The van der Waals surface area contributed by atoms with Crippen LogP contribution in [0.15, 0.2) is 42.1 Å². The fourth-order valence-electron chi connectivity index (χ4n) is 4.05. The quantitative estimate of drug-likeness (QED) is 0.491. The van der Waals surface area contributed by atoms with Crippen molar-refractivity contribution < 1.29 is 19.1 Å². The largest absolute Gasteiger partial charge is 0.454 e. The number of nitrogens with zero attached hydrogens (tertiary/aromatic N) is 1. The van der Waals surface area contributed by atoms with Crippen molar-refractivity contribution in [3.8, 4) is 11.5 Å². The number of nitrogens with one attached hydrogen (secondary N) is 1. The summed E-state index contributed by atoms with van der Waals surface area (Å²) in [5, 5.41) is 3.20. The van der Waals surface area contributed by atoms with Crippen molar-refractivity contribution in [1.82, 2.24) is 4.90 Å². The maximum Gasteiger partial charge on any atom is 0.278 e. The third-order valence-electron chi connectivity index (χ3n) is 5.70. The SMILES string of the molecule is CCCCCCN1C(=O)C(Nc2ccc3c(c2)OCO3)=C(c2ccc(C)cc2C)C1=O. The Morgan fingerprint density at radius 3 is 2.52 bits per heavy atom. The molecular formula is C25H28N2O4. The number of ether oxygens (including phenoxy) is 2. The Labute approximate surface area is 182 Å². The zero-order valence-electron chi connectivity index (χ0n) is 18.3. The lowest BCUT2D eigenvalue weighted by atomic mass is 9.97. The highest BCUT2D eigenvalue weighted by atomic mass is 16.7. The molecule has 4 rings (SSSR count). The highest BCUT2D eigenvalue weighted by Gasteiger charge is 2.39. The van der Waals surface area contributed by atoms with E-state index in [0.717, 1.165) is 42.4 Å². The van der Waals surface area contributed by atoms with Gasteiger partial charge < -0.3 is 14.8 Å². The number of carbonyl (C=O) groups is 2. The van der Waals surface area contributed by atoms with Crippen LogP contribution in [0.5, 0.6) is 11.5 Å². The van der Waals surface area contributed by atoms with Crippen LogP contribution in [0.25, 0.3) is 5.57 Å². The van der Waals surface area contributed by atoms with Gasteiger partial charge in [-0.1, -0.05) is 49.9 Å². The number of fused-ring (bicyclic) bond motifs is 1. The van der Waals surface area contributed by atoms with Gasteiger partial charge in [-0.05, 0) is 43.5 Å². The highest BCUT2D eigenvalue weighted by Crippen LogP contribution is 2.37. The summed E-state index contributed by atoms with van der Waals surface area (Å²) in [6.07, 6.45) is 4.00. The normalized spacial score (nSPS) is 15.3. The predicted molar refractivity (Wildman–Crippen MR) is 120 cm³/mol. The molecule has 6 heteroatoms. The van der Waals surface area contributed by atoms with Crippen LogP contribution in [0.4, 0.5) is 5.69 Å². The molecule has 1 N–H and O–H groups in total. The first-order chi connectivity index (χ1) is 15.0. The monoisotopic (exact) mass is 420 g/mol. The molecule has 31 heavy (non-hydrogen) atoms. The first-order valence-corrected chi connectivity index (χ1v) is 10.8. The molecular weight excluding hydrogens is 392 g/mol. The Bertz CT molecular complexity index is 1060. The van der Waals surface area contributed by atoms with Gasteiger partial charge in [0, 0.05) is 18.3 Å². The van der Waals surface area contributed by atoms with Gasteiger partial charge in [0.05, 0.1) is 5.57 Å². The minimum atomic E-state index is -0.283. The molecule has 2 aliphatic heterocycles. The van der Waals surface area contributed by atoms with Crippen LogP contribution in [0, 0.1) is 13.8 Å². The van der Waals surface area contributed by atoms with Gasteiger partial charge in [0.15, 0.2) is 11.5 Å². The van der Waals surface area contributed by atoms with E-state index < -0.39 is 0 Å². The number of benzene rings is 2. The molecule has 0 aromatic heterocycles. The summed E-state index contributed by atoms with van der Waals surface area (Å²) in [7, 11) is 0. The van der Waals surface area contributed by atoms with Gasteiger partial charge in [-0.25, -0.2) is 0 Å². The van der Waals surface area contributed by atoms with Crippen LogP contribution in [0.2, 0.25) is 0 Å². The number of aryl methyl sites for hydroxylation is 2. The van der Waals surface area contributed by atoms with E-state index in [4.69, 9.17) is 9.47 Å². The van der Waals surface area contributed by atoms with E-state index in [1.54, 1.807) is 12.1 Å². The smallest absolute Gasteiger partial charge is 0.278 e. The summed E-state index contributed by atoms with van der Waals surface area (Å²) in [4.78, 5) is 28.1. The average Bonchev–Trinajstić information content (AvgIpc) is 3.29. The number of hydrogen-bond donors (Lipinski definition) is 1. The molecule has 0 bridgehead atoms. The minimum absolute atomic E-state index is 0.179. The number of amides is 2. The Kier molecular flexibility index (Phi) is 5.98. The molecule has 2 heterocycles. The molecule has 2 aromatic rings. The number of anilines is 1. The van der Waals surface area contributed by atoms with Crippen molar-refractivity contribution in [3.63, 3.8) is 0 Å².